The normalized spacial score (nSPS) is 12.2. The fourth-order valence-electron chi connectivity index (χ4n) is 1.11. The maximum atomic E-state index is 13.1. The first-order valence-corrected chi connectivity index (χ1v) is 4.61. The van der Waals surface area contributed by atoms with Crippen LogP contribution in [0.15, 0.2) is 0 Å². The van der Waals surface area contributed by atoms with Gasteiger partial charge in [0, 0.05) is 13.8 Å². The van der Waals surface area contributed by atoms with Crippen LogP contribution in [-0.2, 0) is 9.53 Å². The van der Waals surface area contributed by atoms with Crippen molar-refractivity contribution in [2.75, 3.05) is 0 Å². The highest BCUT2D eigenvalue weighted by Gasteiger charge is 2.28. The number of esters is 1. The van der Waals surface area contributed by atoms with Crippen LogP contribution in [0, 0.1) is 29.1 Å². The maximum absolute atomic E-state index is 13.1. The monoisotopic (exact) mass is 270 g/mol. The minimum Gasteiger partial charge on any atom is -0.449 e. The van der Waals surface area contributed by atoms with E-state index in [-0.39, 0.29) is 0 Å². The van der Waals surface area contributed by atoms with Crippen molar-refractivity contribution in [1.29, 1.82) is 0 Å². The molecular formula is C10H7F5O3. The molecule has 0 saturated heterocycles. The second-order valence-electron chi connectivity index (χ2n) is 3.19. The molecule has 0 amide bonds. The highest BCUT2D eigenvalue weighted by Crippen LogP contribution is 2.29. The van der Waals surface area contributed by atoms with Gasteiger partial charge < -0.3 is 9.47 Å². The predicted octanol–water partition coefficient (Wildman–Crippen LogP) is 2.67. The number of ether oxygens (including phenoxy) is 2. The lowest BCUT2D eigenvalue weighted by atomic mass is 10.2. The lowest BCUT2D eigenvalue weighted by Gasteiger charge is -2.15. The lowest BCUT2D eigenvalue weighted by molar-refractivity contribution is -0.158. The summed E-state index contributed by atoms with van der Waals surface area (Å²) in [6.07, 6.45) is -1.50. The molecule has 0 fully saturated rings. The predicted molar refractivity (Wildman–Crippen MR) is 48.1 cm³/mol. The highest BCUT2D eigenvalue weighted by atomic mass is 19.2. The molecule has 0 heterocycles. The maximum Gasteiger partial charge on any atom is 0.305 e. The summed E-state index contributed by atoms with van der Waals surface area (Å²) in [5.74, 6) is -13.2. The van der Waals surface area contributed by atoms with Crippen LogP contribution in [0.2, 0.25) is 0 Å². The van der Waals surface area contributed by atoms with Crippen LogP contribution in [0.3, 0.4) is 0 Å². The Morgan fingerprint density at radius 2 is 1.33 bits per heavy atom. The van der Waals surface area contributed by atoms with E-state index in [0.717, 1.165) is 13.8 Å². The van der Waals surface area contributed by atoms with E-state index >= 15 is 0 Å². The zero-order valence-corrected chi connectivity index (χ0v) is 9.19. The molecule has 1 atom stereocenters. The number of hydrogen-bond donors (Lipinski definition) is 0. The second kappa shape index (κ2) is 5.19. The second-order valence-corrected chi connectivity index (χ2v) is 3.19. The molecule has 0 aromatic heterocycles. The van der Waals surface area contributed by atoms with Gasteiger partial charge in [-0.1, -0.05) is 0 Å². The van der Waals surface area contributed by atoms with Crippen LogP contribution in [0.4, 0.5) is 22.0 Å². The van der Waals surface area contributed by atoms with Gasteiger partial charge in [0.15, 0.2) is 0 Å². The molecule has 0 radical (unpaired) electrons. The van der Waals surface area contributed by atoms with Gasteiger partial charge >= 0.3 is 5.97 Å². The van der Waals surface area contributed by atoms with E-state index < -0.39 is 47.1 Å². The standard InChI is InChI=1S/C10H7F5O3/c1-3(16)17-4(2)18-10-8(14)6(12)5(11)7(13)9(10)15/h4H,1-2H3. The van der Waals surface area contributed by atoms with Crippen molar-refractivity contribution in [3.8, 4) is 5.75 Å². The molecular weight excluding hydrogens is 263 g/mol. The molecule has 1 aromatic carbocycles. The van der Waals surface area contributed by atoms with Gasteiger partial charge in [-0.3, -0.25) is 4.79 Å². The summed E-state index contributed by atoms with van der Waals surface area (Å²) in [5.41, 5.74) is 0. The molecule has 0 N–H and O–H groups in total. The number of carbonyl (C=O) groups is 1. The van der Waals surface area contributed by atoms with Gasteiger partial charge in [-0.15, -0.1) is 0 Å². The van der Waals surface area contributed by atoms with Gasteiger partial charge in [0.05, 0.1) is 0 Å². The van der Waals surface area contributed by atoms with E-state index in [2.05, 4.69) is 9.47 Å². The summed E-state index contributed by atoms with van der Waals surface area (Å²) in [4.78, 5) is 10.5. The van der Waals surface area contributed by atoms with Gasteiger partial charge in [-0.25, -0.2) is 13.2 Å². The number of benzene rings is 1. The molecule has 8 heteroatoms. The summed E-state index contributed by atoms with van der Waals surface area (Å²) in [6.45, 7) is 2.04. The van der Waals surface area contributed by atoms with Crippen LogP contribution in [0.25, 0.3) is 0 Å². The number of rotatable bonds is 3. The Morgan fingerprint density at radius 1 is 0.944 bits per heavy atom. The smallest absolute Gasteiger partial charge is 0.305 e. The third kappa shape index (κ3) is 2.69. The summed E-state index contributed by atoms with van der Waals surface area (Å²) >= 11 is 0. The Bertz CT molecular complexity index is 460. The molecule has 0 aliphatic rings. The van der Waals surface area contributed by atoms with Gasteiger partial charge in [0.2, 0.25) is 41.1 Å². The van der Waals surface area contributed by atoms with Crippen LogP contribution < -0.4 is 4.74 Å². The minimum atomic E-state index is -2.29. The third-order valence-electron chi connectivity index (χ3n) is 1.79. The average Bonchev–Trinajstić information content (AvgIpc) is 2.29. The van der Waals surface area contributed by atoms with E-state index in [1.807, 2.05) is 0 Å². The SMILES string of the molecule is CC(=O)OC(C)Oc1c(F)c(F)c(F)c(F)c1F. The van der Waals surface area contributed by atoms with Gasteiger partial charge in [0.1, 0.15) is 0 Å². The molecule has 1 unspecified atom stereocenters. The zero-order valence-electron chi connectivity index (χ0n) is 9.19. The van der Waals surface area contributed by atoms with E-state index in [1.54, 1.807) is 0 Å². The number of halogens is 5. The first-order valence-electron chi connectivity index (χ1n) is 4.61. The Labute approximate surface area is 98.1 Å². The minimum absolute atomic E-state index is 0.841. The first kappa shape index (κ1) is 14.2. The Balaban J connectivity index is 3.13. The van der Waals surface area contributed by atoms with Crippen molar-refractivity contribution in [3.05, 3.63) is 29.1 Å². The third-order valence-corrected chi connectivity index (χ3v) is 1.79. The summed E-state index contributed by atoms with van der Waals surface area (Å²) in [7, 11) is 0. The zero-order chi connectivity index (χ0) is 14.0. The topological polar surface area (TPSA) is 35.5 Å². The quantitative estimate of drug-likeness (QED) is 0.278. The summed E-state index contributed by atoms with van der Waals surface area (Å²) in [5, 5.41) is 0. The van der Waals surface area contributed by atoms with Crippen LogP contribution in [0.5, 0.6) is 5.75 Å². The number of carbonyl (C=O) groups excluding carboxylic acids is 1. The van der Waals surface area contributed by atoms with Gasteiger partial charge in [0.25, 0.3) is 0 Å². The molecule has 0 aliphatic carbocycles. The summed E-state index contributed by atoms with van der Waals surface area (Å²) in [6, 6.07) is 0. The van der Waals surface area contributed by atoms with Gasteiger partial charge in [-0.2, -0.15) is 8.78 Å². The van der Waals surface area contributed by atoms with Crippen molar-refractivity contribution < 1.29 is 36.2 Å². The molecule has 1 aromatic rings. The Morgan fingerprint density at radius 3 is 1.72 bits per heavy atom. The van der Waals surface area contributed by atoms with E-state index in [0.29, 0.717) is 0 Å². The lowest BCUT2D eigenvalue weighted by Crippen LogP contribution is -2.21. The molecule has 0 bridgehead atoms. The molecule has 0 aliphatic heterocycles. The molecule has 3 nitrogen and oxygen atoms in total. The van der Waals surface area contributed by atoms with Crippen molar-refractivity contribution in [2.45, 2.75) is 20.1 Å². The van der Waals surface area contributed by atoms with Crippen molar-refractivity contribution in [2.24, 2.45) is 0 Å². The summed E-state index contributed by atoms with van der Waals surface area (Å²) < 4.78 is 73.1. The first-order chi connectivity index (χ1) is 8.25. The fourth-order valence-corrected chi connectivity index (χ4v) is 1.11. The average molecular weight is 270 g/mol. The van der Waals surface area contributed by atoms with E-state index in [9.17, 15) is 26.7 Å². The van der Waals surface area contributed by atoms with Crippen molar-refractivity contribution in [3.63, 3.8) is 0 Å². The van der Waals surface area contributed by atoms with Crippen molar-refractivity contribution in [1.82, 2.24) is 0 Å². The molecule has 1 rings (SSSR count). The highest BCUT2D eigenvalue weighted by molar-refractivity contribution is 5.66. The number of hydrogen-bond acceptors (Lipinski definition) is 3. The molecule has 100 valence electrons. The molecule has 18 heavy (non-hydrogen) atoms. The molecule has 0 spiro atoms. The Kier molecular flexibility index (Phi) is 4.10. The van der Waals surface area contributed by atoms with Crippen LogP contribution in [-0.4, -0.2) is 12.3 Å². The van der Waals surface area contributed by atoms with Crippen LogP contribution in [0.1, 0.15) is 13.8 Å². The molecule has 0 saturated carbocycles. The van der Waals surface area contributed by atoms with E-state index in [4.69, 9.17) is 0 Å². The van der Waals surface area contributed by atoms with Crippen molar-refractivity contribution >= 4 is 5.97 Å². The largest absolute Gasteiger partial charge is 0.449 e. The van der Waals surface area contributed by atoms with E-state index in [1.165, 1.54) is 0 Å². The van der Waals surface area contributed by atoms with Crippen LogP contribution >= 0.6 is 0 Å². The Hall–Kier alpha value is -1.86. The fraction of sp³-hybridized carbons (Fsp3) is 0.300. The van der Waals surface area contributed by atoms with Gasteiger partial charge in [-0.05, 0) is 0 Å².